The van der Waals surface area contributed by atoms with Gasteiger partial charge in [-0.2, -0.15) is 9.78 Å². The van der Waals surface area contributed by atoms with E-state index in [2.05, 4.69) is 15.5 Å². The van der Waals surface area contributed by atoms with Crippen molar-refractivity contribution in [3.05, 3.63) is 98.9 Å². The molecule has 4 aromatic rings. The van der Waals surface area contributed by atoms with Gasteiger partial charge < -0.3 is 0 Å². The number of hydrogen-bond acceptors (Lipinski definition) is 4. The van der Waals surface area contributed by atoms with Crippen molar-refractivity contribution in [3.8, 4) is 0 Å². The number of nitrogens with one attached hydrogen (secondary N) is 1. The molecule has 0 spiro atoms. The molecular weight excluding hydrogens is 390 g/mol. The predicted octanol–water partition coefficient (Wildman–Crippen LogP) is 3.51. The van der Waals surface area contributed by atoms with Crippen LogP contribution in [0, 0.1) is 27.7 Å². The molecule has 0 atom stereocenters. The fourth-order valence-corrected chi connectivity index (χ4v) is 3.62. The highest BCUT2D eigenvalue weighted by Crippen LogP contribution is 2.15. The first-order valence-corrected chi connectivity index (χ1v) is 9.95. The van der Waals surface area contributed by atoms with E-state index in [1.54, 1.807) is 29.1 Å². The zero-order valence-electron chi connectivity index (χ0n) is 17.9. The SMILES string of the molecule is Cc1ccc(C(=O)NN=Cc2cc(C)n(-n3c(C)nc4ccccc4c3=O)c2C)cc1. The lowest BCUT2D eigenvalue weighted by atomic mass is 10.1. The number of carbonyl (C=O) groups excluding carboxylic acids is 1. The average Bonchev–Trinajstić information content (AvgIpc) is 3.02. The highest BCUT2D eigenvalue weighted by molar-refractivity contribution is 5.95. The number of carbonyl (C=O) groups is 1. The van der Waals surface area contributed by atoms with E-state index in [0.717, 1.165) is 22.5 Å². The van der Waals surface area contributed by atoms with Crippen LogP contribution in [0.15, 0.2) is 64.5 Å². The number of benzene rings is 2. The molecule has 156 valence electrons. The van der Waals surface area contributed by atoms with Crippen molar-refractivity contribution in [1.29, 1.82) is 0 Å². The van der Waals surface area contributed by atoms with Gasteiger partial charge in [-0.1, -0.05) is 29.8 Å². The van der Waals surface area contributed by atoms with Gasteiger partial charge in [-0.3, -0.25) is 14.3 Å². The molecule has 0 aliphatic heterocycles. The quantitative estimate of drug-likeness (QED) is 0.411. The Balaban J connectivity index is 1.66. The third-order valence-electron chi connectivity index (χ3n) is 5.23. The predicted molar refractivity (Wildman–Crippen MR) is 122 cm³/mol. The summed E-state index contributed by atoms with van der Waals surface area (Å²) in [5.74, 6) is 0.303. The molecule has 7 heteroatoms. The number of aryl methyl sites for hydroxylation is 3. The van der Waals surface area contributed by atoms with Crippen molar-refractivity contribution in [3.63, 3.8) is 0 Å². The van der Waals surface area contributed by atoms with Crippen molar-refractivity contribution in [2.45, 2.75) is 27.7 Å². The Kier molecular flexibility index (Phi) is 5.25. The molecule has 0 aliphatic rings. The summed E-state index contributed by atoms with van der Waals surface area (Å²) >= 11 is 0. The van der Waals surface area contributed by atoms with E-state index in [4.69, 9.17) is 0 Å². The standard InChI is InChI=1S/C24H23N5O2/c1-15-9-11-19(12-10-15)23(30)27-25-14-20-13-16(2)28(17(20)3)29-18(4)26-22-8-6-5-7-21(22)24(29)31/h5-14H,1-4H3,(H,27,30). The van der Waals surface area contributed by atoms with Gasteiger partial charge in [-0.15, -0.1) is 0 Å². The third-order valence-corrected chi connectivity index (χ3v) is 5.23. The average molecular weight is 413 g/mol. The molecule has 4 rings (SSSR count). The van der Waals surface area contributed by atoms with Crippen LogP contribution in [0.1, 0.15) is 38.7 Å². The molecule has 0 unspecified atom stereocenters. The number of nitrogens with zero attached hydrogens (tertiary/aromatic N) is 4. The lowest BCUT2D eigenvalue weighted by Gasteiger charge is -2.16. The van der Waals surface area contributed by atoms with E-state index in [-0.39, 0.29) is 11.5 Å². The largest absolute Gasteiger partial charge is 0.280 e. The molecule has 2 heterocycles. The van der Waals surface area contributed by atoms with Gasteiger partial charge in [0.25, 0.3) is 11.5 Å². The summed E-state index contributed by atoms with van der Waals surface area (Å²) in [5, 5.41) is 4.66. The van der Waals surface area contributed by atoms with Crippen molar-refractivity contribution in [1.82, 2.24) is 19.8 Å². The highest BCUT2D eigenvalue weighted by atomic mass is 16.2. The number of hydrogen-bond donors (Lipinski definition) is 1. The molecule has 2 aromatic heterocycles. The molecule has 0 saturated carbocycles. The number of rotatable bonds is 4. The van der Waals surface area contributed by atoms with Crippen molar-refractivity contribution >= 4 is 23.0 Å². The highest BCUT2D eigenvalue weighted by Gasteiger charge is 2.15. The van der Waals surface area contributed by atoms with Gasteiger partial charge in [-0.25, -0.2) is 10.4 Å². The summed E-state index contributed by atoms with van der Waals surface area (Å²) in [6, 6.07) is 16.5. The van der Waals surface area contributed by atoms with E-state index in [0.29, 0.717) is 22.3 Å². The molecule has 0 saturated heterocycles. The van der Waals surface area contributed by atoms with Gasteiger partial charge in [0.15, 0.2) is 0 Å². The zero-order valence-corrected chi connectivity index (χ0v) is 17.9. The second kappa shape index (κ2) is 8.02. The van der Waals surface area contributed by atoms with Gasteiger partial charge in [0.2, 0.25) is 0 Å². The first-order chi connectivity index (χ1) is 14.9. The fraction of sp³-hybridized carbons (Fsp3) is 0.167. The topological polar surface area (TPSA) is 81.3 Å². The fourth-order valence-electron chi connectivity index (χ4n) is 3.62. The van der Waals surface area contributed by atoms with Gasteiger partial charge >= 0.3 is 0 Å². The normalized spacial score (nSPS) is 11.4. The van der Waals surface area contributed by atoms with Crippen LogP contribution in [0.25, 0.3) is 10.9 Å². The van der Waals surface area contributed by atoms with Crippen LogP contribution in [0.5, 0.6) is 0 Å². The number of hydrazone groups is 1. The second-order valence-corrected chi connectivity index (χ2v) is 7.50. The van der Waals surface area contributed by atoms with Gasteiger partial charge in [0.05, 0.1) is 17.1 Å². The Morgan fingerprint density at radius 2 is 1.71 bits per heavy atom. The Bertz CT molecular complexity index is 1380. The first-order valence-electron chi connectivity index (χ1n) is 9.95. The molecule has 1 N–H and O–H groups in total. The summed E-state index contributed by atoms with van der Waals surface area (Å²) < 4.78 is 3.38. The lowest BCUT2D eigenvalue weighted by molar-refractivity contribution is 0.0955. The molecule has 2 aromatic carbocycles. The molecular formula is C24H23N5O2. The second-order valence-electron chi connectivity index (χ2n) is 7.50. The van der Waals surface area contributed by atoms with Crippen LogP contribution >= 0.6 is 0 Å². The molecule has 31 heavy (non-hydrogen) atoms. The molecule has 0 fully saturated rings. The van der Waals surface area contributed by atoms with E-state index in [9.17, 15) is 9.59 Å². The molecule has 1 amide bonds. The number of para-hydroxylation sites is 1. The Morgan fingerprint density at radius 3 is 2.45 bits per heavy atom. The van der Waals surface area contributed by atoms with E-state index in [1.165, 1.54) is 0 Å². The molecule has 0 bridgehead atoms. The van der Waals surface area contributed by atoms with Gasteiger partial charge in [0.1, 0.15) is 5.82 Å². The molecule has 0 radical (unpaired) electrons. The Labute approximate surface area is 179 Å². The summed E-state index contributed by atoms with van der Waals surface area (Å²) in [6.07, 6.45) is 1.58. The molecule has 0 aliphatic carbocycles. The van der Waals surface area contributed by atoms with Gasteiger partial charge in [0, 0.05) is 22.5 Å². The number of fused-ring (bicyclic) bond motifs is 1. The van der Waals surface area contributed by atoms with Crippen LogP contribution in [0.2, 0.25) is 0 Å². The minimum Gasteiger partial charge on any atom is -0.267 e. The summed E-state index contributed by atoms with van der Waals surface area (Å²) in [4.78, 5) is 30.0. The maximum absolute atomic E-state index is 13.2. The van der Waals surface area contributed by atoms with Crippen LogP contribution in [0.3, 0.4) is 0 Å². The summed E-state index contributed by atoms with van der Waals surface area (Å²) in [7, 11) is 0. The smallest absolute Gasteiger partial charge is 0.267 e. The van der Waals surface area contributed by atoms with E-state index >= 15 is 0 Å². The minimum atomic E-state index is -0.282. The van der Waals surface area contributed by atoms with Crippen LogP contribution < -0.4 is 11.0 Å². The Morgan fingerprint density at radius 1 is 1.00 bits per heavy atom. The van der Waals surface area contributed by atoms with Crippen molar-refractivity contribution in [2.24, 2.45) is 5.10 Å². The Hall–Kier alpha value is -4.00. The maximum Gasteiger partial charge on any atom is 0.280 e. The van der Waals surface area contributed by atoms with Crippen molar-refractivity contribution < 1.29 is 4.79 Å². The lowest BCUT2D eigenvalue weighted by Crippen LogP contribution is -2.30. The van der Waals surface area contributed by atoms with Crippen LogP contribution in [-0.2, 0) is 0 Å². The van der Waals surface area contributed by atoms with Crippen LogP contribution in [-0.4, -0.2) is 26.5 Å². The monoisotopic (exact) mass is 413 g/mol. The molecule has 7 nitrogen and oxygen atoms in total. The first kappa shape index (κ1) is 20.3. The number of aromatic nitrogens is 3. The van der Waals surface area contributed by atoms with Gasteiger partial charge in [-0.05, 0) is 58.0 Å². The maximum atomic E-state index is 13.2. The van der Waals surface area contributed by atoms with Crippen molar-refractivity contribution in [2.75, 3.05) is 0 Å². The van der Waals surface area contributed by atoms with E-state index < -0.39 is 0 Å². The third kappa shape index (κ3) is 3.77. The number of amides is 1. The van der Waals surface area contributed by atoms with E-state index in [1.807, 2.05) is 68.8 Å². The zero-order chi connectivity index (χ0) is 22.1. The minimum absolute atomic E-state index is 0.138. The van der Waals surface area contributed by atoms with Crippen LogP contribution in [0.4, 0.5) is 0 Å². The summed E-state index contributed by atoms with van der Waals surface area (Å²) in [6.45, 7) is 7.59. The summed E-state index contributed by atoms with van der Waals surface area (Å²) in [5.41, 5.74) is 7.17.